The van der Waals surface area contributed by atoms with Crippen molar-refractivity contribution in [2.75, 3.05) is 33.3 Å². The second-order valence-electron chi connectivity index (χ2n) is 3.25. The third kappa shape index (κ3) is 1.63. The largest absolute Gasteiger partial charge is 0.288 e. The topological polar surface area (TPSA) is 23.6 Å². The van der Waals surface area contributed by atoms with E-state index in [0.717, 1.165) is 19.5 Å². The number of nitrogens with zero attached hydrogens (tertiary/aromatic N) is 2. The molecule has 0 bridgehead atoms. The molecule has 0 aromatic heterocycles. The number of allylic oxidation sites excluding steroid dienone is 1. The van der Waals surface area contributed by atoms with E-state index in [4.69, 9.17) is 0 Å². The van der Waals surface area contributed by atoms with Crippen LogP contribution in [0.4, 0.5) is 0 Å². The molecule has 0 radical (unpaired) electrons. The highest BCUT2D eigenvalue weighted by atomic mass is 31.2. The van der Waals surface area contributed by atoms with Crippen LogP contribution < -0.4 is 0 Å². The lowest BCUT2D eigenvalue weighted by Gasteiger charge is -2.39. The van der Waals surface area contributed by atoms with Crippen molar-refractivity contribution >= 4 is 7.44 Å². The third-order valence-corrected chi connectivity index (χ3v) is 5.67. The first-order valence-electron chi connectivity index (χ1n) is 4.24. The summed E-state index contributed by atoms with van der Waals surface area (Å²) in [4.78, 5) is 0. The summed E-state index contributed by atoms with van der Waals surface area (Å²) in [5.74, 6) is 0. The second kappa shape index (κ2) is 3.73. The lowest BCUT2D eigenvalue weighted by Crippen LogP contribution is -2.35. The van der Waals surface area contributed by atoms with Gasteiger partial charge in [-0.2, -0.15) is 0 Å². The highest BCUT2D eigenvalue weighted by Gasteiger charge is 2.33. The van der Waals surface area contributed by atoms with Crippen molar-refractivity contribution in [3.63, 3.8) is 0 Å². The van der Waals surface area contributed by atoms with Crippen LogP contribution in [-0.4, -0.2) is 42.7 Å². The summed E-state index contributed by atoms with van der Waals surface area (Å²) in [5, 5.41) is 0. The second-order valence-corrected chi connectivity index (χ2v) is 6.31. The monoisotopic (exact) mass is 188 g/mol. The highest BCUT2D eigenvalue weighted by Crippen LogP contribution is 2.53. The number of hydrogen-bond acceptors (Lipinski definition) is 1. The molecule has 0 amide bonds. The molecule has 0 aromatic carbocycles. The minimum Gasteiger partial charge on any atom is -0.288 e. The maximum atomic E-state index is 12.3. The molecule has 4 heteroatoms. The molecular weight excluding hydrogens is 171 g/mol. The Morgan fingerprint density at radius 1 is 1.42 bits per heavy atom. The van der Waals surface area contributed by atoms with E-state index in [1.807, 2.05) is 23.4 Å². The maximum Gasteiger partial charge on any atom is 0.219 e. The lowest BCUT2D eigenvalue weighted by molar-refractivity contribution is 0.334. The first-order valence-corrected chi connectivity index (χ1v) is 6.04. The van der Waals surface area contributed by atoms with E-state index < -0.39 is 7.44 Å². The molecule has 1 aliphatic heterocycles. The van der Waals surface area contributed by atoms with Crippen molar-refractivity contribution < 1.29 is 4.57 Å². The van der Waals surface area contributed by atoms with E-state index in [9.17, 15) is 4.57 Å². The zero-order valence-electron chi connectivity index (χ0n) is 7.86. The van der Waals surface area contributed by atoms with Gasteiger partial charge >= 0.3 is 0 Å². The van der Waals surface area contributed by atoms with Crippen LogP contribution >= 0.6 is 7.44 Å². The van der Waals surface area contributed by atoms with Crippen LogP contribution in [0.2, 0.25) is 0 Å². The minimum atomic E-state index is -2.25. The van der Waals surface area contributed by atoms with Crippen LogP contribution in [-0.2, 0) is 4.57 Å². The van der Waals surface area contributed by atoms with E-state index in [0.29, 0.717) is 6.16 Å². The van der Waals surface area contributed by atoms with Crippen molar-refractivity contribution in [1.82, 2.24) is 9.34 Å². The van der Waals surface area contributed by atoms with Gasteiger partial charge in [0.2, 0.25) is 7.44 Å². The van der Waals surface area contributed by atoms with Gasteiger partial charge in [-0.15, -0.1) is 6.58 Å². The van der Waals surface area contributed by atoms with Crippen LogP contribution in [0.3, 0.4) is 0 Å². The van der Waals surface area contributed by atoms with Crippen LogP contribution in [0.1, 0.15) is 6.42 Å². The first-order chi connectivity index (χ1) is 5.61. The molecule has 70 valence electrons. The Morgan fingerprint density at radius 2 is 1.92 bits per heavy atom. The SMILES string of the molecule is C=CCP1(=O)N(C)CCCN1C. The molecule has 0 saturated carbocycles. The summed E-state index contributed by atoms with van der Waals surface area (Å²) in [6.07, 6.45) is 3.45. The van der Waals surface area contributed by atoms with Crippen LogP contribution in [0.25, 0.3) is 0 Å². The summed E-state index contributed by atoms with van der Waals surface area (Å²) in [6.45, 7) is 5.52. The summed E-state index contributed by atoms with van der Waals surface area (Å²) in [5.41, 5.74) is 0. The van der Waals surface area contributed by atoms with Crippen molar-refractivity contribution in [2.45, 2.75) is 6.42 Å². The van der Waals surface area contributed by atoms with Crippen molar-refractivity contribution in [2.24, 2.45) is 0 Å². The molecule has 1 saturated heterocycles. The van der Waals surface area contributed by atoms with Crippen molar-refractivity contribution in [3.05, 3.63) is 12.7 Å². The molecule has 0 atom stereocenters. The summed E-state index contributed by atoms with van der Waals surface area (Å²) in [7, 11) is 1.61. The van der Waals surface area contributed by atoms with Gasteiger partial charge in [-0.3, -0.25) is 4.57 Å². The Labute approximate surface area is 74.5 Å². The summed E-state index contributed by atoms with van der Waals surface area (Å²) < 4.78 is 16.2. The van der Waals surface area contributed by atoms with Crippen LogP contribution in [0.15, 0.2) is 12.7 Å². The first kappa shape index (κ1) is 9.97. The van der Waals surface area contributed by atoms with Gasteiger partial charge in [-0.05, 0) is 20.5 Å². The summed E-state index contributed by atoms with van der Waals surface area (Å²) in [6, 6.07) is 0. The fourth-order valence-electron chi connectivity index (χ4n) is 1.55. The zero-order chi connectivity index (χ0) is 9.19. The van der Waals surface area contributed by atoms with E-state index >= 15 is 0 Å². The van der Waals surface area contributed by atoms with E-state index in [2.05, 4.69) is 6.58 Å². The van der Waals surface area contributed by atoms with E-state index in [-0.39, 0.29) is 0 Å². The molecule has 0 spiro atoms. The molecule has 0 unspecified atom stereocenters. The van der Waals surface area contributed by atoms with Crippen LogP contribution in [0, 0.1) is 0 Å². The van der Waals surface area contributed by atoms with Gasteiger partial charge in [-0.1, -0.05) is 6.08 Å². The molecular formula is C8H17N2OP. The fourth-order valence-corrected chi connectivity index (χ4v) is 3.87. The lowest BCUT2D eigenvalue weighted by atomic mass is 10.4. The Morgan fingerprint density at radius 3 is 2.33 bits per heavy atom. The zero-order valence-corrected chi connectivity index (χ0v) is 8.76. The summed E-state index contributed by atoms with van der Waals surface area (Å²) >= 11 is 0. The van der Waals surface area contributed by atoms with Gasteiger partial charge in [0.05, 0.1) is 0 Å². The van der Waals surface area contributed by atoms with Gasteiger partial charge in [0, 0.05) is 19.3 Å². The standard InChI is InChI=1S/C8H17N2OP/c1-4-8-12(11)9(2)6-5-7-10(12)3/h4H,1,5-8H2,2-3H3. The van der Waals surface area contributed by atoms with Crippen LogP contribution in [0.5, 0.6) is 0 Å². The van der Waals surface area contributed by atoms with Crippen molar-refractivity contribution in [3.8, 4) is 0 Å². The highest BCUT2D eigenvalue weighted by molar-refractivity contribution is 7.59. The third-order valence-electron chi connectivity index (χ3n) is 2.40. The molecule has 1 aliphatic rings. The Balaban J connectivity index is 2.80. The normalized spacial score (nSPS) is 25.5. The van der Waals surface area contributed by atoms with E-state index in [1.165, 1.54) is 0 Å². The van der Waals surface area contributed by atoms with E-state index in [1.54, 1.807) is 6.08 Å². The quantitative estimate of drug-likeness (QED) is 0.486. The average molecular weight is 188 g/mol. The molecule has 12 heavy (non-hydrogen) atoms. The minimum absolute atomic E-state index is 0.597. The van der Waals surface area contributed by atoms with Gasteiger partial charge in [0.15, 0.2) is 0 Å². The Hall–Kier alpha value is -0.110. The molecule has 1 rings (SSSR count). The predicted octanol–water partition coefficient (Wildman–Crippen LogP) is 1.63. The van der Waals surface area contributed by atoms with Gasteiger partial charge < -0.3 is 0 Å². The predicted molar refractivity (Wildman–Crippen MR) is 52.5 cm³/mol. The molecule has 0 aromatic rings. The number of rotatable bonds is 2. The maximum absolute atomic E-state index is 12.3. The molecule has 1 heterocycles. The molecule has 1 fully saturated rings. The van der Waals surface area contributed by atoms with Gasteiger partial charge in [-0.25, -0.2) is 9.34 Å². The average Bonchev–Trinajstić information content (AvgIpc) is 2.02. The number of hydrogen-bond donors (Lipinski definition) is 0. The molecule has 0 aliphatic carbocycles. The fraction of sp³-hybridized carbons (Fsp3) is 0.750. The Bertz CT molecular complexity index is 203. The van der Waals surface area contributed by atoms with Gasteiger partial charge in [0.1, 0.15) is 0 Å². The van der Waals surface area contributed by atoms with Gasteiger partial charge in [0.25, 0.3) is 0 Å². The molecule has 3 nitrogen and oxygen atoms in total. The molecule has 0 N–H and O–H groups in total. The Kier molecular flexibility index (Phi) is 3.10. The smallest absolute Gasteiger partial charge is 0.219 e. The van der Waals surface area contributed by atoms with Crippen molar-refractivity contribution in [1.29, 1.82) is 0 Å².